The third-order valence-corrected chi connectivity index (χ3v) is 3.93. The highest BCUT2D eigenvalue weighted by molar-refractivity contribution is 9.10. The molecule has 0 fully saturated rings. The van der Waals surface area contributed by atoms with Gasteiger partial charge in [0.1, 0.15) is 5.69 Å². The van der Waals surface area contributed by atoms with Gasteiger partial charge < -0.3 is 0 Å². The van der Waals surface area contributed by atoms with Crippen LogP contribution in [0.25, 0.3) is 0 Å². The highest BCUT2D eigenvalue weighted by Crippen LogP contribution is 2.23. The fraction of sp³-hybridized carbons (Fsp3) is 0.300. The van der Waals surface area contributed by atoms with Gasteiger partial charge in [-0.3, -0.25) is 14.8 Å². The van der Waals surface area contributed by atoms with Gasteiger partial charge in [-0.05, 0) is 29.8 Å². The summed E-state index contributed by atoms with van der Waals surface area (Å²) in [6.45, 7) is 3.89. The highest BCUT2D eigenvalue weighted by atomic mass is 79.9. The molecule has 0 aromatic carbocycles. The van der Waals surface area contributed by atoms with E-state index in [0.717, 1.165) is 10.6 Å². The fourth-order valence-electron chi connectivity index (χ4n) is 1.35. The molecule has 0 radical (unpaired) electrons. The predicted molar refractivity (Wildman–Crippen MR) is 70.4 cm³/mol. The molecule has 2 rings (SSSR count). The van der Waals surface area contributed by atoms with Gasteiger partial charge in [0.25, 0.3) is 5.91 Å². The number of nitrogens with one attached hydrogen (secondary N) is 1. The second-order valence-corrected chi connectivity index (χ2v) is 5.64. The molecule has 0 spiro atoms. The number of amides is 1. The van der Waals surface area contributed by atoms with Crippen molar-refractivity contribution in [3.63, 3.8) is 0 Å². The minimum Gasteiger partial charge on any atom is -0.296 e. The molecular weight excluding hydrogens is 304 g/mol. The second-order valence-electron chi connectivity index (χ2n) is 3.58. The molecule has 0 aliphatic heterocycles. The zero-order valence-corrected chi connectivity index (χ0v) is 12.0. The molecule has 0 unspecified atom stereocenters. The lowest BCUT2D eigenvalue weighted by atomic mass is 10.4. The number of anilines is 1. The Labute approximate surface area is 111 Å². The van der Waals surface area contributed by atoms with E-state index in [4.69, 9.17) is 0 Å². The van der Waals surface area contributed by atoms with E-state index in [0.29, 0.717) is 15.3 Å². The first kappa shape index (κ1) is 12.3. The molecule has 2 aromatic heterocycles. The van der Waals surface area contributed by atoms with Crippen LogP contribution >= 0.6 is 27.3 Å². The van der Waals surface area contributed by atoms with E-state index >= 15 is 0 Å². The molecule has 5 nitrogen and oxygen atoms in total. The van der Waals surface area contributed by atoms with E-state index in [-0.39, 0.29) is 5.91 Å². The number of hydrogen-bond acceptors (Lipinski definition) is 4. The molecule has 1 amide bonds. The number of aromatic nitrogens is 3. The number of thiazole rings is 1. The fourth-order valence-corrected chi connectivity index (χ4v) is 2.69. The molecule has 90 valence electrons. The Hall–Kier alpha value is -1.21. The maximum absolute atomic E-state index is 12.0. The summed E-state index contributed by atoms with van der Waals surface area (Å²) >= 11 is 4.75. The lowest BCUT2D eigenvalue weighted by Gasteiger charge is -2.02. The maximum Gasteiger partial charge on any atom is 0.276 e. The van der Waals surface area contributed by atoms with E-state index in [9.17, 15) is 4.79 Å². The molecule has 0 aliphatic rings. The van der Waals surface area contributed by atoms with Gasteiger partial charge in [0.05, 0.1) is 16.4 Å². The first-order valence-electron chi connectivity index (χ1n) is 4.92. The van der Waals surface area contributed by atoms with E-state index in [1.54, 1.807) is 13.2 Å². The number of nitrogens with zero attached hydrogens (tertiary/aromatic N) is 3. The van der Waals surface area contributed by atoms with Gasteiger partial charge in [0.2, 0.25) is 0 Å². The zero-order chi connectivity index (χ0) is 12.6. The number of carbonyl (C=O) groups is 1. The van der Waals surface area contributed by atoms with Crippen molar-refractivity contribution in [2.45, 2.75) is 13.8 Å². The summed E-state index contributed by atoms with van der Waals surface area (Å²) in [5.41, 5.74) is 1.42. The van der Waals surface area contributed by atoms with Crippen molar-refractivity contribution < 1.29 is 4.79 Å². The van der Waals surface area contributed by atoms with Gasteiger partial charge in [0, 0.05) is 11.9 Å². The largest absolute Gasteiger partial charge is 0.296 e. The molecule has 2 aromatic rings. The van der Waals surface area contributed by atoms with Gasteiger partial charge in [-0.25, -0.2) is 4.98 Å². The van der Waals surface area contributed by atoms with Crippen LogP contribution in [0.4, 0.5) is 5.13 Å². The third kappa shape index (κ3) is 2.39. The van der Waals surface area contributed by atoms with E-state index in [1.807, 2.05) is 13.8 Å². The van der Waals surface area contributed by atoms with Crippen molar-refractivity contribution in [3.8, 4) is 0 Å². The smallest absolute Gasteiger partial charge is 0.276 e. The normalized spacial score (nSPS) is 10.6. The Morgan fingerprint density at radius 3 is 2.71 bits per heavy atom. The quantitative estimate of drug-likeness (QED) is 0.926. The van der Waals surface area contributed by atoms with Crippen LogP contribution in [0.3, 0.4) is 0 Å². The number of hydrogen-bond donors (Lipinski definition) is 1. The van der Waals surface area contributed by atoms with Crippen LogP contribution in [0.5, 0.6) is 0 Å². The van der Waals surface area contributed by atoms with Crippen molar-refractivity contribution in [1.29, 1.82) is 0 Å². The molecule has 0 aliphatic carbocycles. The Morgan fingerprint density at radius 1 is 1.53 bits per heavy atom. The van der Waals surface area contributed by atoms with Crippen LogP contribution in [0.2, 0.25) is 0 Å². The molecule has 0 atom stereocenters. The predicted octanol–water partition coefficient (Wildman–Crippen LogP) is 2.51. The standard InChI is InChI=1S/C10H11BrN4OS/c1-5-6(2)17-10(13-5)14-9(16)8-7(11)4-12-15(8)3/h4H,1-3H3,(H,13,14,16). The topological polar surface area (TPSA) is 59.8 Å². The van der Waals surface area contributed by atoms with Gasteiger partial charge in [-0.1, -0.05) is 0 Å². The lowest BCUT2D eigenvalue weighted by molar-refractivity contribution is 0.101. The molecule has 0 saturated carbocycles. The summed E-state index contributed by atoms with van der Waals surface area (Å²) in [7, 11) is 1.72. The van der Waals surface area contributed by atoms with Gasteiger partial charge >= 0.3 is 0 Å². The minimum absolute atomic E-state index is 0.217. The Bertz CT molecular complexity index is 536. The number of halogens is 1. The summed E-state index contributed by atoms with van der Waals surface area (Å²) in [6, 6.07) is 0. The van der Waals surface area contributed by atoms with Gasteiger partial charge in [0.15, 0.2) is 5.13 Å². The average molecular weight is 315 g/mol. The first-order valence-corrected chi connectivity index (χ1v) is 6.53. The van der Waals surface area contributed by atoms with Crippen LogP contribution in [-0.2, 0) is 7.05 Å². The Morgan fingerprint density at radius 2 is 2.24 bits per heavy atom. The zero-order valence-electron chi connectivity index (χ0n) is 9.61. The summed E-state index contributed by atoms with van der Waals surface area (Å²) in [5.74, 6) is -0.217. The van der Waals surface area contributed by atoms with Crippen LogP contribution < -0.4 is 5.32 Å². The van der Waals surface area contributed by atoms with Crippen molar-refractivity contribution in [3.05, 3.63) is 26.9 Å². The average Bonchev–Trinajstić information content (AvgIpc) is 2.72. The Balaban J connectivity index is 2.23. The number of rotatable bonds is 2. The molecule has 7 heteroatoms. The van der Waals surface area contributed by atoms with Crippen molar-refractivity contribution in [2.24, 2.45) is 7.05 Å². The second kappa shape index (κ2) is 4.58. The molecule has 0 bridgehead atoms. The van der Waals surface area contributed by atoms with E-state index in [1.165, 1.54) is 16.0 Å². The summed E-state index contributed by atoms with van der Waals surface area (Å²) < 4.78 is 2.19. The molecule has 0 saturated heterocycles. The van der Waals surface area contributed by atoms with Crippen LogP contribution in [0, 0.1) is 13.8 Å². The van der Waals surface area contributed by atoms with Crippen LogP contribution in [0.15, 0.2) is 10.7 Å². The van der Waals surface area contributed by atoms with Crippen LogP contribution in [0.1, 0.15) is 21.1 Å². The SMILES string of the molecule is Cc1nc(NC(=O)c2c(Br)cnn2C)sc1C. The van der Waals surface area contributed by atoms with Crippen molar-refractivity contribution >= 4 is 38.3 Å². The number of carbonyl (C=O) groups excluding carboxylic acids is 1. The summed E-state index contributed by atoms with van der Waals surface area (Å²) in [6.07, 6.45) is 1.59. The summed E-state index contributed by atoms with van der Waals surface area (Å²) in [4.78, 5) is 17.4. The number of aryl methyl sites for hydroxylation is 3. The van der Waals surface area contributed by atoms with Gasteiger partial charge in [-0.15, -0.1) is 11.3 Å². The Kier molecular flexibility index (Phi) is 3.30. The van der Waals surface area contributed by atoms with E-state index < -0.39 is 0 Å². The molecule has 2 heterocycles. The van der Waals surface area contributed by atoms with Crippen LogP contribution in [-0.4, -0.2) is 20.7 Å². The molecular formula is C10H11BrN4OS. The molecule has 17 heavy (non-hydrogen) atoms. The van der Waals surface area contributed by atoms with Gasteiger partial charge in [-0.2, -0.15) is 5.10 Å². The van der Waals surface area contributed by atoms with Crippen molar-refractivity contribution in [1.82, 2.24) is 14.8 Å². The summed E-state index contributed by atoms with van der Waals surface area (Å²) in [5, 5.41) is 7.37. The van der Waals surface area contributed by atoms with E-state index in [2.05, 4.69) is 31.3 Å². The monoisotopic (exact) mass is 314 g/mol. The minimum atomic E-state index is -0.217. The first-order chi connectivity index (χ1) is 7.99. The molecule has 1 N–H and O–H groups in total. The lowest BCUT2D eigenvalue weighted by Crippen LogP contribution is -2.16. The third-order valence-electron chi connectivity index (χ3n) is 2.36. The highest BCUT2D eigenvalue weighted by Gasteiger charge is 2.16. The maximum atomic E-state index is 12.0. The van der Waals surface area contributed by atoms with Crippen molar-refractivity contribution in [2.75, 3.05) is 5.32 Å².